The minimum atomic E-state index is -3.84. The average molecular weight is 453 g/mol. The molecule has 0 bridgehead atoms. The Bertz CT molecular complexity index is 1240. The lowest BCUT2D eigenvalue weighted by molar-refractivity contribution is 0.102. The largest absolute Gasteiger partial charge is 0.496 e. The standard InChI is InChI=1S/C24H24N2O5S/c1-3-31-19-10-8-18(9-11-19)25-24(27)21-16-20(12-13-23(21)30-2)32(28,29)26-15-14-17-6-4-5-7-22(17)26/h4-13,16H,3,14-15H2,1-2H3,(H,25,27). The zero-order valence-corrected chi connectivity index (χ0v) is 18.7. The second-order valence-corrected chi connectivity index (χ2v) is 9.09. The van der Waals surface area contributed by atoms with Crippen LogP contribution in [0, 0.1) is 0 Å². The Balaban J connectivity index is 1.63. The number of sulfonamides is 1. The van der Waals surface area contributed by atoms with Crippen molar-refractivity contribution >= 4 is 27.3 Å². The van der Waals surface area contributed by atoms with E-state index in [0.717, 1.165) is 5.56 Å². The first-order valence-corrected chi connectivity index (χ1v) is 11.7. The van der Waals surface area contributed by atoms with E-state index in [-0.39, 0.29) is 16.2 Å². The lowest BCUT2D eigenvalue weighted by atomic mass is 10.2. The van der Waals surface area contributed by atoms with Gasteiger partial charge in [0, 0.05) is 12.2 Å². The van der Waals surface area contributed by atoms with Crippen LogP contribution in [0.3, 0.4) is 0 Å². The molecule has 0 atom stereocenters. The van der Waals surface area contributed by atoms with Gasteiger partial charge in [-0.05, 0) is 67.4 Å². The van der Waals surface area contributed by atoms with Crippen molar-refractivity contribution in [2.45, 2.75) is 18.2 Å². The minimum Gasteiger partial charge on any atom is -0.496 e. The van der Waals surface area contributed by atoms with Gasteiger partial charge in [0.25, 0.3) is 15.9 Å². The molecule has 3 aromatic rings. The number of carbonyl (C=O) groups excluding carboxylic acids is 1. The van der Waals surface area contributed by atoms with E-state index in [9.17, 15) is 13.2 Å². The zero-order valence-electron chi connectivity index (χ0n) is 17.9. The summed E-state index contributed by atoms with van der Waals surface area (Å²) in [6, 6.07) is 18.7. The van der Waals surface area contributed by atoms with E-state index >= 15 is 0 Å². The number of benzene rings is 3. The highest BCUT2D eigenvalue weighted by molar-refractivity contribution is 7.92. The number of para-hydroxylation sites is 1. The lowest BCUT2D eigenvalue weighted by Crippen LogP contribution is -2.29. The first kappa shape index (κ1) is 21.7. The Labute approximate surface area is 187 Å². The molecule has 4 rings (SSSR count). The van der Waals surface area contributed by atoms with Crippen molar-refractivity contribution in [1.29, 1.82) is 0 Å². The molecule has 0 saturated heterocycles. The third kappa shape index (κ3) is 4.13. The summed E-state index contributed by atoms with van der Waals surface area (Å²) in [6.45, 7) is 2.80. The van der Waals surface area contributed by atoms with Crippen molar-refractivity contribution in [2.24, 2.45) is 0 Å². The van der Waals surface area contributed by atoms with E-state index < -0.39 is 15.9 Å². The highest BCUT2D eigenvalue weighted by atomic mass is 32.2. The molecule has 1 N–H and O–H groups in total. The summed E-state index contributed by atoms with van der Waals surface area (Å²) in [5, 5.41) is 2.78. The Morgan fingerprint density at radius 2 is 1.81 bits per heavy atom. The van der Waals surface area contributed by atoms with Crippen LogP contribution in [-0.4, -0.2) is 34.6 Å². The van der Waals surface area contributed by atoms with Crippen molar-refractivity contribution in [2.75, 3.05) is 29.9 Å². The van der Waals surface area contributed by atoms with Gasteiger partial charge in [-0.2, -0.15) is 0 Å². The highest BCUT2D eigenvalue weighted by Gasteiger charge is 2.31. The first-order valence-electron chi connectivity index (χ1n) is 10.3. The molecule has 32 heavy (non-hydrogen) atoms. The number of hydrogen-bond donors (Lipinski definition) is 1. The monoisotopic (exact) mass is 452 g/mol. The van der Waals surface area contributed by atoms with Gasteiger partial charge in [0.2, 0.25) is 0 Å². The van der Waals surface area contributed by atoms with E-state index in [1.54, 1.807) is 30.3 Å². The molecule has 0 aliphatic carbocycles. The number of amides is 1. The summed E-state index contributed by atoms with van der Waals surface area (Å²) in [5.41, 5.74) is 2.35. The molecule has 8 heteroatoms. The number of hydrogen-bond acceptors (Lipinski definition) is 5. The lowest BCUT2D eigenvalue weighted by Gasteiger charge is -2.20. The van der Waals surface area contributed by atoms with Crippen molar-refractivity contribution < 1.29 is 22.7 Å². The van der Waals surface area contributed by atoms with Crippen LogP contribution in [0.1, 0.15) is 22.8 Å². The van der Waals surface area contributed by atoms with Crippen LogP contribution in [0.25, 0.3) is 0 Å². The molecule has 7 nitrogen and oxygen atoms in total. The van der Waals surface area contributed by atoms with Gasteiger partial charge in [-0.3, -0.25) is 9.10 Å². The summed E-state index contributed by atoms with van der Waals surface area (Å²) in [6.07, 6.45) is 0.649. The van der Waals surface area contributed by atoms with Crippen LogP contribution < -0.4 is 19.1 Å². The van der Waals surface area contributed by atoms with Crippen LogP contribution in [0.2, 0.25) is 0 Å². The maximum Gasteiger partial charge on any atom is 0.264 e. The smallest absolute Gasteiger partial charge is 0.264 e. The van der Waals surface area contributed by atoms with Crippen molar-refractivity contribution in [3.63, 3.8) is 0 Å². The van der Waals surface area contributed by atoms with Crippen molar-refractivity contribution in [3.8, 4) is 11.5 Å². The number of ether oxygens (including phenoxy) is 2. The zero-order chi connectivity index (χ0) is 22.7. The molecule has 0 aromatic heterocycles. The van der Waals surface area contributed by atoms with Gasteiger partial charge in [-0.25, -0.2) is 8.42 Å². The van der Waals surface area contributed by atoms with Gasteiger partial charge in [-0.1, -0.05) is 18.2 Å². The molecule has 1 heterocycles. The van der Waals surface area contributed by atoms with Crippen molar-refractivity contribution in [3.05, 3.63) is 77.9 Å². The van der Waals surface area contributed by atoms with Gasteiger partial charge >= 0.3 is 0 Å². The molecule has 1 aliphatic heterocycles. The minimum absolute atomic E-state index is 0.0341. The summed E-state index contributed by atoms with van der Waals surface area (Å²) < 4.78 is 38.8. The second-order valence-electron chi connectivity index (χ2n) is 7.23. The third-order valence-electron chi connectivity index (χ3n) is 5.27. The van der Waals surface area contributed by atoms with Crippen LogP contribution in [0.5, 0.6) is 11.5 Å². The van der Waals surface area contributed by atoms with E-state index in [1.165, 1.54) is 29.6 Å². The Morgan fingerprint density at radius 1 is 1.06 bits per heavy atom. The Morgan fingerprint density at radius 3 is 2.53 bits per heavy atom. The number of rotatable bonds is 7. The fourth-order valence-corrected chi connectivity index (χ4v) is 5.24. The van der Waals surface area contributed by atoms with Gasteiger partial charge in [-0.15, -0.1) is 0 Å². The summed E-state index contributed by atoms with van der Waals surface area (Å²) >= 11 is 0. The van der Waals surface area contributed by atoms with E-state index in [2.05, 4.69) is 5.32 Å². The quantitative estimate of drug-likeness (QED) is 0.584. The van der Waals surface area contributed by atoms with Gasteiger partial charge in [0.05, 0.1) is 29.9 Å². The number of nitrogens with zero attached hydrogens (tertiary/aromatic N) is 1. The second kappa shape index (κ2) is 8.92. The average Bonchev–Trinajstić information content (AvgIpc) is 3.25. The van der Waals surface area contributed by atoms with Crippen LogP contribution >= 0.6 is 0 Å². The molecule has 166 valence electrons. The molecular weight excluding hydrogens is 428 g/mol. The highest BCUT2D eigenvalue weighted by Crippen LogP contribution is 2.34. The molecule has 0 saturated carbocycles. The van der Waals surface area contributed by atoms with Crippen molar-refractivity contribution in [1.82, 2.24) is 0 Å². The summed E-state index contributed by atoms with van der Waals surface area (Å²) in [7, 11) is -2.40. The molecule has 0 spiro atoms. The molecule has 1 aliphatic rings. The van der Waals surface area contributed by atoms with Gasteiger partial charge in [0.15, 0.2) is 0 Å². The van der Waals surface area contributed by atoms with Crippen LogP contribution in [0.15, 0.2) is 71.6 Å². The molecule has 3 aromatic carbocycles. The molecule has 0 unspecified atom stereocenters. The van der Waals surface area contributed by atoms with Gasteiger partial charge < -0.3 is 14.8 Å². The summed E-state index contributed by atoms with van der Waals surface area (Å²) in [5.74, 6) is 0.515. The SMILES string of the molecule is CCOc1ccc(NC(=O)c2cc(S(=O)(=O)N3CCc4ccccc43)ccc2OC)cc1. The number of fused-ring (bicyclic) bond motifs is 1. The maximum absolute atomic E-state index is 13.4. The number of anilines is 2. The predicted octanol–water partition coefficient (Wildman–Crippen LogP) is 4.10. The maximum atomic E-state index is 13.4. The number of carbonyl (C=O) groups is 1. The topological polar surface area (TPSA) is 84.9 Å². The van der Waals surface area contributed by atoms with E-state index in [4.69, 9.17) is 9.47 Å². The molecular formula is C24H24N2O5S. The molecule has 0 fully saturated rings. The fraction of sp³-hybridized carbons (Fsp3) is 0.208. The fourth-order valence-electron chi connectivity index (χ4n) is 3.71. The number of nitrogens with one attached hydrogen (secondary N) is 1. The summed E-state index contributed by atoms with van der Waals surface area (Å²) in [4.78, 5) is 13.0. The molecule has 0 radical (unpaired) electrons. The van der Waals surface area contributed by atoms with E-state index in [0.29, 0.717) is 36.7 Å². The predicted molar refractivity (Wildman–Crippen MR) is 123 cm³/mol. The number of methoxy groups -OCH3 is 1. The third-order valence-corrected chi connectivity index (χ3v) is 7.08. The van der Waals surface area contributed by atoms with E-state index in [1.807, 2.05) is 25.1 Å². The normalized spacial score (nSPS) is 12.9. The van der Waals surface area contributed by atoms with Crippen LogP contribution in [0.4, 0.5) is 11.4 Å². The Hall–Kier alpha value is -3.52. The Kier molecular flexibility index (Phi) is 6.05. The molecule has 1 amide bonds. The van der Waals surface area contributed by atoms with Gasteiger partial charge in [0.1, 0.15) is 11.5 Å². The van der Waals surface area contributed by atoms with Crippen LogP contribution in [-0.2, 0) is 16.4 Å². The first-order chi connectivity index (χ1) is 15.4.